The van der Waals surface area contributed by atoms with E-state index in [2.05, 4.69) is 45.9 Å². The molecule has 0 spiro atoms. The third-order valence-corrected chi connectivity index (χ3v) is 4.97. The summed E-state index contributed by atoms with van der Waals surface area (Å²) in [6.45, 7) is 5.29. The van der Waals surface area contributed by atoms with Crippen LogP contribution < -0.4 is 5.32 Å². The minimum absolute atomic E-state index is 0.203. The number of hydrogen-bond acceptors (Lipinski definition) is 2. The van der Waals surface area contributed by atoms with Crippen molar-refractivity contribution >= 4 is 27.3 Å². The second-order valence-electron chi connectivity index (χ2n) is 4.96. The Morgan fingerprint density at radius 1 is 1.35 bits per heavy atom. The van der Waals surface area contributed by atoms with Crippen LogP contribution in [0, 0.1) is 12.7 Å². The first-order valence-electron chi connectivity index (χ1n) is 6.81. The molecule has 2 rings (SSSR count). The van der Waals surface area contributed by atoms with E-state index < -0.39 is 0 Å². The number of hydrogen-bond donors (Lipinski definition) is 1. The van der Waals surface area contributed by atoms with Crippen molar-refractivity contribution in [3.63, 3.8) is 0 Å². The van der Waals surface area contributed by atoms with Crippen molar-refractivity contribution in [2.45, 2.75) is 32.7 Å². The molecule has 1 nitrogen and oxygen atoms in total. The zero-order chi connectivity index (χ0) is 14.5. The molecule has 1 N–H and O–H groups in total. The molecule has 0 radical (unpaired) electrons. The molecule has 0 aliphatic rings. The maximum absolute atomic E-state index is 13.2. The summed E-state index contributed by atoms with van der Waals surface area (Å²) in [4.78, 5) is 0. The van der Waals surface area contributed by atoms with Crippen LogP contribution in [0.5, 0.6) is 0 Å². The average Bonchev–Trinajstić information content (AvgIpc) is 2.83. The molecule has 1 aromatic carbocycles. The predicted octanol–water partition coefficient (Wildman–Crippen LogP) is 5.24. The van der Waals surface area contributed by atoms with Crippen LogP contribution in [0.25, 0.3) is 0 Å². The fourth-order valence-corrected chi connectivity index (χ4v) is 3.66. The van der Waals surface area contributed by atoms with Crippen molar-refractivity contribution in [2.75, 3.05) is 6.54 Å². The smallest absolute Gasteiger partial charge is 0.124 e. The molecule has 0 bridgehead atoms. The van der Waals surface area contributed by atoms with Crippen LogP contribution in [0.1, 0.15) is 36.1 Å². The van der Waals surface area contributed by atoms with Gasteiger partial charge in [0.1, 0.15) is 5.82 Å². The average molecular weight is 356 g/mol. The third kappa shape index (κ3) is 3.90. The quantitative estimate of drug-likeness (QED) is 0.746. The highest BCUT2D eigenvalue weighted by molar-refractivity contribution is 9.10. The molecular weight excluding hydrogens is 337 g/mol. The maximum atomic E-state index is 13.2. The van der Waals surface area contributed by atoms with Crippen LogP contribution in [0.15, 0.2) is 33.4 Å². The van der Waals surface area contributed by atoms with E-state index in [0.29, 0.717) is 0 Å². The SMILES string of the molecule is CCCNC(Cc1ccc(F)cc1Br)c1cscc1C. The van der Waals surface area contributed by atoms with Crippen LogP contribution in [0.2, 0.25) is 0 Å². The zero-order valence-electron chi connectivity index (χ0n) is 11.7. The Bertz CT molecular complexity index is 567. The molecule has 4 heteroatoms. The lowest BCUT2D eigenvalue weighted by atomic mass is 9.98. The lowest BCUT2D eigenvalue weighted by molar-refractivity contribution is 0.527. The van der Waals surface area contributed by atoms with Crippen LogP contribution in [-0.4, -0.2) is 6.54 Å². The first kappa shape index (κ1) is 15.7. The second kappa shape index (κ2) is 7.34. The summed E-state index contributed by atoms with van der Waals surface area (Å²) in [5, 5.41) is 7.98. The molecule has 2 aromatic rings. The van der Waals surface area contributed by atoms with Crippen molar-refractivity contribution < 1.29 is 4.39 Å². The van der Waals surface area contributed by atoms with Crippen molar-refractivity contribution in [3.8, 4) is 0 Å². The van der Waals surface area contributed by atoms with Crippen LogP contribution in [0.4, 0.5) is 4.39 Å². The summed E-state index contributed by atoms with van der Waals surface area (Å²) in [6, 6.07) is 5.20. The molecule has 0 fully saturated rings. The van der Waals surface area contributed by atoms with Crippen molar-refractivity contribution in [1.82, 2.24) is 5.32 Å². The summed E-state index contributed by atoms with van der Waals surface area (Å²) in [7, 11) is 0. The Balaban J connectivity index is 2.21. The Kier molecular flexibility index (Phi) is 5.75. The highest BCUT2D eigenvalue weighted by atomic mass is 79.9. The monoisotopic (exact) mass is 355 g/mol. The highest BCUT2D eigenvalue weighted by Gasteiger charge is 2.16. The third-order valence-electron chi connectivity index (χ3n) is 3.35. The summed E-state index contributed by atoms with van der Waals surface area (Å²) in [5.41, 5.74) is 3.80. The zero-order valence-corrected chi connectivity index (χ0v) is 14.2. The van der Waals surface area contributed by atoms with E-state index in [9.17, 15) is 4.39 Å². The fourth-order valence-electron chi connectivity index (χ4n) is 2.25. The van der Waals surface area contributed by atoms with E-state index in [4.69, 9.17) is 0 Å². The van der Waals surface area contributed by atoms with Gasteiger partial charge in [0.15, 0.2) is 0 Å². The minimum atomic E-state index is -0.203. The molecule has 1 unspecified atom stereocenters. The molecule has 108 valence electrons. The first-order valence-corrected chi connectivity index (χ1v) is 8.55. The van der Waals surface area contributed by atoms with Gasteiger partial charge in [-0.3, -0.25) is 0 Å². The van der Waals surface area contributed by atoms with E-state index in [0.717, 1.165) is 29.4 Å². The summed E-state index contributed by atoms with van der Waals surface area (Å²) in [5.74, 6) is -0.203. The molecule has 0 saturated heterocycles. The second-order valence-corrected chi connectivity index (χ2v) is 6.55. The molecule has 0 saturated carbocycles. The number of thiophene rings is 1. The first-order chi connectivity index (χ1) is 9.61. The molecule has 1 aromatic heterocycles. The van der Waals surface area contributed by atoms with Gasteiger partial charge in [-0.1, -0.05) is 28.9 Å². The van der Waals surface area contributed by atoms with Gasteiger partial charge >= 0.3 is 0 Å². The van der Waals surface area contributed by atoms with Gasteiger partial charge in [0.05, 0.1) is 0 Å². The molecule has 20 heavy (non-hydrogen) atoms. The topological polar surface area (TPSA) is 12.0 Å². The van der Waals surface area contributed by atoms with Gasteiger partial charge in [-0.15, -0.1) is 0 Å². The number of benzene rings is 1. The fraction of sp³-hybridized carbons (Fsp3) is 0.375. The maximum Gasteiger partial charge on any atom is 0.124 e. The Morgan fingerprint density at radius 3 is 2.75 bits per heavy atom. The van der Waals surface area contributed by atoms with E-state index in [-0.39, 0.29) is 11.9 Å². The van der Waals surface area contributed by atoms with Crippen molar-refractivity contribution in [1.29, 1.82) is 0 Å². The molecular formula is C16H19BrFNS. The molecule has 0 aliphatic carbocycles. The number of rotatable bonds is 6. The van der Waals surface area contributed by atoms with Crippen LogP contribution in [-0.2, 0) is 6.42 Å². The molecule has 0 amide bonds. The van der Waals surface area contributed by atoms with Crippen molar-refractivity contribution in [3.05, 3.63) is 55.9 Å². The van der Waals surface area contributed by atoms with Crippen LogP contribution >= 0.6 is 27.3 Å². The van der Waals surface area contributed by atoms with Gasteiger partial charge in [-0.25, -0.2) is 4.39 Å². The van der Waals surface area contributed by atoms with Gasteiger partial charge in [-0.05, 0) is 65.9 Å². The predicted molar refractivity (Wildman–Crippen MR) is 87.9 cm³/mol. The summed E-state index contributed by atoms with van der Waals surface area (Å²) < 4.78 is 14.0. The van der Waals surface area contributed by atoms with Crippen LogP contribution in [0.3, 0.4) is 0 Å². The van der Waals surface area contributed by atoms with Crippen molar-refractivity contribution in [2.24, 2.45) is 0 Å². The lowest BCUT2D eigenvalue weighted by Crippen LogP contribution is -2.24. The minimum Gasteiger partial charge on any atom is -0.310 e. The normalized spacial score (nSPS) is 12.6. The summed E-state index contributed by atoms with van der Waals surface area (Å²) in [6.07, 6.45) is 1.96. The number of nitrogens with one attached hydrogen (secondary N) is 1. The molecule has 0 aliphatic heterocycles. The lowest BCUT2D eigenvalue weighted by Gasteiger charge is -2.20. The largest absolute Gasteiger partial charge is 0.310 e. The van der Waals surface area contributed by atoms with Gasteiger partial charge in [-0.2, -0.15) is 11.3 Å². The number of halogens is 2. The summed E-state index contributed by atoms with van der Waals surface area (Å²) >= 11 is 5.19. The van der Waals surface area contributed by atoms with Gasteiger partial charge < -0.3 is 5.32 Å². The van der Waals surface area contributed by atoms with E-state index in [1.165, 1.54) is 23.3 Å². The molecule has 1 heterocycles. The van der Waals surface area contributed by atoms with E-state index in [1.54, 1.807) is 11.3 Å². The standard InChI is InChI=1S/C16H19BrFNS/c1-3-6-19-16(14-10-20-9-11(14)2)7-12-4-5-13(18)8-15(12)17/h4-5,8-10,16,19H,3,6-7H2,1-2H3. The van der Waals surface area contributed by atoms with Gasteiger partial charge in [0.25, 0.3) is 0 Å². The molecule has 1 atom stereocenters. The van der Waals surface area contributed by atoms with Gasteiger partial charge in [0.2, 0.25) is 0 Å². The Hall–Kier alpha value is -0.710. The Morgan fingerprint density at radius 2 is 2.15 bits per heavy atom. The van der Waals surface area contributed by atoms with E-state index in [1.807, 2.05) is 6.07 Å². The Labute approximate surface area is 132 Å². The van der Waals surface area contributed by atoms with E-state index >= 15 is 0 Å². The highest BCUT2D eigenvalue weighted by Crippen LogP contribution is 2.28. The number of aryl methyl sites for hydroxylation is 1. The van der Waals surface area contributed by atoms with Gasteiger partial charge in [0, 0.05) is 10.5 Å².